The van der Waals surface area contributed by atoms with Crippen molar-refractivity contribution in [2.45, 2.75) is 89.8 Å². The maximum atomic E-state index is 13.2. The lowest BCUT2D eigenvalue weighted by Crippen LogP contribution is -2.41. The van der Waals surface area contributed by atoms with E-state index in [1.54, 1.807) is 0 Å². The number of unbranched alkanes of at least 4 members (excludes halogenated alkanes) is 8. The van der Waals surface area contributed by atoms with Gasteiger partial charge in [-0.1, -0.05) is 57.6 Å². The van der Waals surface area contributed by atoms with Crippen molar-refractivity contribution in [2.75, 3.05) is 11.4 Å². The van der Waals surface area contributed by atoms with Gasteiger partial charge in [-0.15, -0.1) is 0 Å². The van der Waals surface area contributed by atoms with Crippen LogP contribution in [0.15, 0.2) is 36.4 Å². The van der Waals surface area contributed by atoms with E-state index in [0.29, 0.717) is 17.7 Å². The summed E-state index contributed by atoms with van der Waals surface area (Å²) >= 11 is 0. The van der Waals surface area contributed by atoms with Gasteiger partial charge in [-0.25, -0.2) is 4.79 Å². The Morgan fingerprint density at radius 3 is 2.14 bits per heavy atom. The molecule has 0 bridgehead atoms. The quantitative estimate of drug-likeness (QED) is 0.139. The number of anilines is 1. The lowest BCUT2D eigenvalue weighted by atomic mass is 10.1. The zero-order valence-corrected chi connectivity index (χ0v) is 21.1. The van der Waals surface area contributed by atoms with Gasteiger partial charge >= 0.3 is 18.1 Å². The Bertz CT molecular complexity index is 944. The van der Waals surface area contributed by atoms with Gasteiger partial charge in [0.05, 0.1) is 12.0 Å². The molecule has 0 radical (unpaired) electrons. The fourth-order valence-electron chi connectivity index (χ4n) is 3.92. The smallest absolute Gasteiger partial charge is 0.448 e. The third-order valence-electron chi connectivity index (χ3n) is 5.97. The maximum absolute atomic E-state index is 13.2. The molecule has 7 nitrogen and oxygen atoms in total. The summed E-state index contributed by atoms with van der Waals surface area (Å²) in [6.45, 7) is 2.04. The van der Waals surface area contributed by atoms with E-state index in [-0.39, 0.29) is 24.2 Å². The van der Waals surface area contributed by atoms with E-state index in [9.17, 15) is 32.3 Å². The van der Waals surface area contributed by atoms with Crippen LogP contribution in [0.25, 0.3) is 0 Å². The molecule has 37 heavy (non-hydrogen) atoms. The zero-order valence-electron chi connectivity index (χ0n) is 21.1. The SMILES string of the molecule is CCCCCCCCCC=CCCCN(C(=O)C(F)(F)F)c1ccc(C(=O)OC2CC(=O)NC2=O)cc1. The highest BCUT2D eigenvalue weighted by Crippen LogP contribution is 2.25. The summed E-state index contributed by atoms with van der Waals surface area (Å²) in [4.78, 5) is 47.7. The average molecular weight is 525 g/mol. The molecule has 1 aliphatic heterocycles. The summed E-state index contributed by atoms with van der Waals surface area (Å²) in [6.07, 6.45) is 7.64. The molecule has 2 rings (SSSR count). The molecule has 3 amide bonds. The number of hydrogen-bond donors (Lipinski definition) is 1. The van der Waals surface area contributed by atoms with E-state index >= 15 is 0 Å². The van der Waals surface area contributed by atoms with Crippen LogP contribution in [0.1, 0.15) is 87.9 Å². The molecule has 0 saturated carbocycles. The molecule has 1 aromatic rings. The molecule has 0 aromatic heterocycles. The van der Waals surface area contributed by atoms with E-state index < -0.39 is 36.0 Å². The van der Waals surface area contributed by atoms with Crippen LogP contribution in [-0.4, -0.2) is 42.5 Å². The predicted molar refractivity (Wildman–Crippen MR) is 133 cm³/mol. The third kappa shape index (κ3) is 10.4. The lowest BCUT2D eigenvalue weighted by Gasteiger charge is -2.24. The van der Waals surface area contributed by atoms with E-state index in [1.807, 2.05) is 17.5 Å². The molecular weight excluding hydrogens is 489 g/mol. The van der Waals surface area contributed by atoms with Crippen molar-refractivity contribution in [2.24, 2.45) is 0 Å². The Labute approximate surface area is 215 Å². The number of nitrogens with one attached hydrogen (secondary N) is 1. The minimum absolute atomic E-state index is 0.0142. The number of ether oxygens (including phenoxy) is 1. The number of imide groups is 1. The van der Waals surface area contributed by atoms with E-state index in [2.05, 4.69) is 6.92 Å². The van der Waals surface area contributed by atoms with Crippen molar-refractivity contribution in [1.82, 2.24) is 5.32 Å². The minimum Gasteiger partial charge on any atom is -0.448 e. The van der Waals surface area contributed by atoms with Crippen LogP contribution in [0.3, 0.4) is 0 Å². The summed E-state index contributed by atoms with van der Waals surface area (Å²) in [6, 6.07) is 4.86. The number of benzene rings is 1. The Kier molecular flexibility index (Phi) is 12.3. The molecule has 1 heterocycles. The van der Waals surface area contributed by atoms with Crippen LogP contribution in [0.2, 0.25) is 0 Å². The molecular formula is C27H35F3N2O5. The van der Waals surface area contributed by atoms with Gasteiger partial charge in [0.15, 0.2) is 6.10 Å². The van der Waals surface area contributed by atoms with Crippen LogP contribution in [0.4, 0.5) is 18.9 Å². The standard InChI is InChI=1S/C27H35F3N2O5/c1-2-3-4-5-6-7-8-9-10-11-12-13-18-32(26(36)27(28,29)30)21-16-14-20(15-17-21)25(35)37-22-19-23(33)31-24(22)34/h10-11,14-17,22H,2-9,12-13,18-19H2,1H3,(H,31,33,34). The number of carbonyl (C=O) groups is 4. The van der Waals surface area contributed by atoms with Crippen molar-refractivity contribution >= 4 is 29.4 Å². The first-order chi connectivity index (χ1) is 17.6. The van der Waals surface area contributed by atoms with Crippen molar-refractivity contribution in [3.8, 4) is 0 Å². The molecule has 1 fully saturated rings. The Balaban J connectivity index is 1.86. The van der Waals surface area contributed by atoms with Crippen molar-refractivity contribution in [1.29, 1.82) is 0 Å². The second kappa shape index (κ2) is 15.2. The van der Waals surface area contributed by atoms with E-state index in [0.717, 1.165) is 19.3 Å². The Hall–Kier alpha value is -3.17. The van der Waals surface area contributed by atoms with Crippen LogP contribution in [0, 0.1) is 0 Å². The monoisotopic (exact) mass is 524 g/mol. The van der Waals surface area contributed by atoms with Gasteiger partial charge in [0.2, 0.25) is 5.91 Å². The second-order valence-corrected chi connectivity index (χ2v) is 9.04. The molecule has 0 aliphatic carbocycles. The fourth-order valence-corrected chi connectivity index (χ4v) is 3.92. The zero-order chi connectivity index (χ0) is 27.3. The Morgan fingerprint density at radius 1 is 0.973 bits per heavy atom. The number of allylic oxidation sites excluding steroid dienone is 2. The number of carbonyl (C=O) groups excluding carboxylic acids is 4. The fraction of sp³-hybridized carbons (Fsp3) is 0.556. The molecule has 1 saturated heterocycles. The molecule has 0 spiro atoms. The minimum atomic E-state index is -5.05. The van der Waals surface area contributed by atoms with E-state index in [1.165, 1.54) is 56.4 Å². The lowest BCUT2D eigenvalue weighted by molar-refractivity contribution is -0.170. The van der Waals surface area contributed by atoms with Crippen LogP contribution in [-0.2, 0) is 19.1 Å². The summed E-state index contributed by atoms with van der Waals surface area (Å²) in [5, 5.41) is 2.01. The number of halogens is 3. The summed E-state index contributed by atoms with van der Waals surface area (Å²) < 4.78 is 44.6. The molecule has 204 valence electrons. The molecule has 1 aliphatic rings. The number of esters is 1. The summed E-state index contributed by atoms with van der Waals surface area (Å²) in [5.41, 5.74) is -0.0386. The maximum Gasteiger partial charge on any atom is 0.471 e. The normalized spacial score (nSPS) is 15.7. The highest BCUT2D eigenvalue weighted by atomic mass is 19.4. The van der Waals surface area contributed by atoms with Gasteiger partial charge in [0.25, 0.3) is 5.91 Å². The molecule has 1 N–H and O–H groups in total. The van der Waals surface area contributed by atoms with Crippen molar-refractivity contribution in [3.63, 3.8) is 0 Å². The average Bonchev–Trinajstić information content (AvgIpc) is 3.17. The molecule has 1 aromatic carbocycles. The van der Waals surface area contributed by atoms with Crippen LogP contribution in [0.5, 0.6) is 0 Å². The van der Waals surface area contributed by atoms with Crippen LogP contribution < -0.4 is 10.2 Å². The van der Waals surface area contributed by atoms with E-state index in [4.69, 9.17) is 4.74 Å². The van der Waals surface area contributed by atoms with Gasteiger partial charge in [0, 0.05) is 12.2 Å². The first-order valence-corrected chi connectivity index (χ1v) is 12.8. The van der Waals surface area contributed by atoms with Gasteiger partial charge in [0.1, 0.15) is 0 Å². The molecule has 1 atom stereocenters. The van der Waals surface area contributed by atoms with Crippen molar-refractivity contribution < 1.29 is 37.1 Å². The number of amides is 3. The highest BCUT2D eigenvalue weighted by Gasteiger charge is 2.43. The highest BCUT2D eigenvalue weighted by molar-refractivity contribution is 6.06. The first kappa shape index (κ1) is 30.1. The number of nitrogens with zero attached hydrogens (tertiary/aromatic N) is 1. The van der Waals surface area contributed by atoms with Crippen molar-refractivity contribution in [3.05, 3.63) is 42.0 Å². The summed E-state index contributed by atoms with van der Waals surface area (Å²) in [7, 11) is 0. The molecule has 1 unspecified atom stereocenters. The van der Waals surface area contributed by atoms with Gasteiger partial charge < -0.3 is 9.64 Å². The second-order valence-electron chi connectivity index (χ2n) is 9.04. The topological polar surface area (TPSA) is 92.8 Å². The Morgan fingerprint density at radius 2 is 1.57 bits per heavy atom. The van der Waals surface area contributed by atoms with Crippen LogP contribution >= 0.6 is 0 Å². The number of hydrogen-bond acceptors (Lipinski definition) is 5. The first-order valence-electron chi connectivity index (χ1n) is 12.8. The largest absolute Gasteiger partial charge is 0.471 e. The predicted octanol–water partition coefficient (Wildman–Crippen LogP) is 5.63. The summed E-state index contributed by atoms with van der Waals surface area (Å²) in [5.74, 6) is -4.18. The van der Waals surface area contributed by atoms with Gasteiger partial charge in [-0.2, -0.15) is 13.2 Å². The third-order valence-corrected chi connectivity index (χ3v) is 5.97. The molecule has 10 heteroatoms. The number of alkyl halides is 3. The van der Waals surface area contributed by atoms with Gasteiger partial charge in [-0.3, -0.25) is 19.7 Å². The van der Waals surface area contributed by atoms with Gasteiger partial charge in [-0.05, 0) is 49.9 Å². The number of rotatable bonds is 15.